The summed E-state index contributed by atoms with van der Waals surface area (Å²) >= 11 is 0. The largest absolute Gasteiger partial charge is 0.493 e. The first-order chi connectivity index (χ1) is 14.1. The molecule has 0 unspecified atom stereocenters. The number of aryl methyl sites for hydroxylation is 1. The Balaban J connectivity index is 2.19. The summed E-state index contributed by atoms with van der Waals surface area (Å²) in [6.45, 7) is 5.46. The van der Waals surface area contributed by atoms with Gasteiger partial charge in [-0.05, 0) is 62.9 Å². The summed E-state index contributed by atoms with van der Waals surface area (Å²) in [6, 6.07) is 10.5. The Bertz CT molecular complexity index is 855. The van der Waals surface area contributed by atoms with Crippen molar-refractivity contribution in [1.82, 2.24) is 0 Å². The minimum atomic E-state index is -1.05. The van der Waals surface area contributed by atoms with Gasteiger partial charge in [-0.3, -0.25) is 0 Å². The summed E-state index contributed by atoms with van der Waals surface area (Å²) in [5.74, 6) is 1.18. The van der Waals surface area contributed by atoms with Crippen LogP contribution in [0.3, 0.4) is 0 Å². The van der Waals surface area contributed by atoms with Crippen LogP contribution in [0.5, 0.6) is 23.0 Å². The molecule has 7 nitrogen and oxygen atoms in total. The third-order valence-corrected chi connectivity index (χ3v) is 4.28. The molecule has 164 valence electrons. The minimum absolute atomic E-state index is 0.400. The number of aliphatic hydroxyl groups excluding tert-OH is 1. The highest BCUT2D eigenvalue weighted by molar-refractivity contribution is 5.68. The first-order valence-corrected chi connectivity index (χ1v) is 9.69. The number of carbonyl (C=O) groups is 1. The maximum Gasteiger partial charge on any atom is 0.341 e. The lowest BCUT2D eigenvalue weighted by atomic mass is 10.00. The van der Waals surface area contributed by atoms with Crippen LogP contribution in [0.4, 0.5) is 0 Å². The van der Waals surface area contributed by atoms with Crippen LogP contribution in [-0.2, 0) is 11.2 Å². The standard InChI is InChI=1S/C23H30O7/c1-23(2,3)30-19-13-21(28-5)20(27-4)12-16(19)9-10-18(24)15-7-6-8-17(11-15)29-14-22(25)26/h6-8,11-13,18,24H,9-10,14H2,1-5H3,(H,25,26)/t18-/m1/s1. The first kappa shape index (κ1) is 23.3. The van der Waals surface area contributed by atoms with Crippen LogP contribution >= 0.6 is 0 Å². The van der Waals surface area contributed by atoms with Crippen LogP contribution < -0.4 is 18.9 Å². The van der Waals surface area contributed by atoms with E-state index in [2.05, 4.69) is 0 Å². The van der Waals surface area contributed by atoms with Gasteiger partial charge < -0.3 is 29.2 Å². The van der Waals surface area contributed by atoms with Gasteiger partial charge in [-0.1, -0.05) is 12.1 Å². The quantitative estimate of drug-likeness (QED) is 0.602. The molecule has 2 aromatic rings. The first-order valence-electron chi connectivity index (χ1n) is 9.69. The molecule has 0 amide bonds. The van der Waals surface area contributed by atoms with Gasteiger partial charge in [0.1, 0.15) is 17.1 Å². The summed E-state index contributed by atoms with van der Waals surface area (Å²) in [4.78, 5) is 10.7. The maximum absolute atomic E-state index is 10.7. The summed E-state index contributed by atoms with van der Waals surface area (Å²) in [6.07, 6.45) is 0.208. The molecule has 0 aliphatic rings. The second-order valence-corrected chi connectivity index (χ2v) is 7.84. The van der Waals surface area contributed by atoms with Crippen LogP contribution in [0.25, 0.3) is 0 Å². The third kappa shape index (κ3) is 6.84. The molecule has 0 saturated heterocycles. The Kier molecular flexibility index (Phi) is 7.94. The number of carboxylic acids is 1. The van der Waals surface area contributed by atoms with E-state index in [1.807, 2.05) is 26.8 Å². The molecule has 2 rings (SSSR count). The van der Waals surface area contributed by atoms with Gasteiger partial charge in [0, 0.05) is 6.07 Å². The molecule has 0 aliphatic carbocycles. The Morgan fingerprint density at radius 2 is 1.70 bits per heavy atom. The zero-order valence-corrected chi connectivity index (χ0v) is 18.1. The van der Waals surface area contributed by atoms with Crippen molar-refractivity contribution >= 4 is 5.97 Å². The van der Waals surface area contributed by atoms with Gasteiger partial charge in [0.2, 0.25) is 0 Å². The zero-order valence-electron chi connectivity index (χ0n) is 18.1. The average Bonchev–Trinajstić information content (AvgIpc) is 2.69. The van der Waals surface area contributed by atoms with Crippen molar-refractivity contribution in [3.8, 4) is 23.0 Å². The normalized spacial score (nSPS) is 12.2. The van der Waals surface area contributed by atoms with Crippen LogP contribution in [0.1, 0.15) is 44.4 Å². The molecule has 2 aromatic carbocycles. The smallest absolute Gasteiger partial charge is 0.341 e. The molecule has 0 aliphatic heterocycles. The van der Waals surface area contributed by atoms with Crippen LogP contribution in [0, 0.1) is 0 Å². The molecule has 7 heteroatoms. The van der Waals surface area contributed by atoms with Gasteiger partial charge in [-0.2, -0.15) is 0 Å². The maximum atomic E-state index is 10.7. The minimum Gasteiger partial charge on any atom is -0.493 e. The second kappa shape index (κ2) is 10.2. The molecular formula is C23H30O7. The van der Waals surface area contributed by atoms with Crippen molar-refractivity contribution in [1.29, 1.82) is 0 Å². The summed E-state index contributed by atoms with van der Waals surface area (Å²) < 4.78 is 22.1. The Hall–Kier alpha value is -2.93. The topological polar surface area (TPSA) is 94.5 Å². The summed E-state index contributed by atoms with van der Waals surface area (Å²) in [5.41, 5.74) is 1.14. The van der Waals surface area contributed by atoms with E-state index in [1.165, 1.54) is 0 Å². The van der Waals surface area contributed by atoms with Gasteiger partial charge in [-0.15, -0.1) is 0 Å². The van der Waals surface area contributed by atoms with Crippen LogP contribution in [-0.4, -0.2) is 42.6 Å². The van der Waals surface area contributed by atoms with Crippen molar-refractivity contribution in [2.45, 2.75) is 45.3 Å². The van der Waals surface area contributed by atoms with Crippen LogP contribution in [0.2, 0.25) is 0 Å². The number of hydrogen-bond acceptors (Lipinski definition) is 6. The fourth-order valence-corrected chi connectivity index (χ4v) is 2.94. The number of methoxy groups -OCH3 is 2. The second-order valence-electron chi connectivity index (χ2n) is 7.84. The van der Waals surface area contributed by atoms with Crippen molar-refractivity contribution in [2.24, 2.45) is 0 Å². The number of aliphatic carboxylic acids is 1. The van der Waals surface area contributed by atoms with Gasteiger partial charge in [0.05, 0.1) is 20.3 Å². The molecule has 2 N–H and O–H groups in total. The predicted octanol–water partition coefficient (Wildman–Crippen LogP) is 4.01. The van der Waals surface area contributed by atoms with E-state index < -0.39 is 24.3 Å². The van der Waals surface area contributed by atoms with E-state index in [1.54, 1.807) is 44.6 Å². The molecular weight excluding hydrogens is 388 g/mol. The molecule has 0 radical (unpaired) electrons. The highest BCUT2D eigenvalue weighted by Crippen LogP contribution is 2.37. The van der Waals surface area contributed by atoms with Crippen LogP contribution in [0.15, 0.2) is 36.4 Å². The number of rotatable bonds is 10. The molecule has 0 spiro atoms. The van der Waals surface area contributed by atoms with E-state index in [9.17, 15) is 9.90 Å². The zero-order chi connectivity index (χ0) is 22.3. The number of carboxylic acid groups (broad SMARTS) is 1. The van der Waals surface area contributed by atoms with Crippen molar-refractivity contribution < 1.29 is 34.0 Å². The summed E-state index contributed by atoms with van der Waals surface area (Å²) in [5, 5.41) is 19.4. The Morgan fingerprint density at radius 1 is 1.03 bits per heavy atom. The van der Waals surface area contributed by atoms with Crippen molar-refractivity contribution in [3.05, 3.63) is 47.5 Å². The van der Waals surface area contributed by atoms with E-state index >= 15 is 0 Å². The fourth-order valence-electron chi connectivity index (χ4n) is 2.94. The molecule has 0 bridgehead atoms. The molecule has 1 atom stereocenters. The SMILES string of the molecule is COc1cc(CC[C@@H](O)c2cccc(OCC(=O)O)c2)c(OC(C)(C)C)cc1OC. The summed E-state index contributed by atoms with van der Waals surface area (Å²) in [7, 11) is 3.14. The molecule has 0 aromatic heterocycles. The van der Waals surface area contributed by atoms with Gasteiger partial charge >= 0.3 is 5.97 Å². The molecule has 0 heterocycles. The van der Waals surface area contributed by atoms with Crippen molar-refractivity contribution in [2.75, 3.05) is 20.8 Å². The van der Waals surface area contributed by atoms with E-state index in [-0.39, 0.29) is 0 Å². The Morgan fingerprint density at radius 3 is 2.30 bits per heavy atom. The fraction of sp³-hybridized carbons (Fsp3) is 0.435. The van der Waals surface area contributed by atoms with Gasteiger partial charge in [0.15, 0.2) is 18.1 Å². The van der Waals surface area contributed by atoms with Gasteiger partial charge in [0.25, 0.3) is 0 Å². The van der Waals surface area contributed by atoms with Gasteiger partial charge in [-0.25, -0.2) is 4.79 Å². The lowest BCUT2D eigenvalue weighted by Crippen LogP contribution is -2.23. The molecule has 0 saturated carbocycles. The molecule has 0 fully saturated rings. The highest BCUT2D eigenvalue weighted by atomic mass is 16.5. The van der Waals surface area contributed by atoms with E-state index in [4.69, 9.17) is 24.1 Å². The average molecular weight is 418 g/mol. The number of ether oxygens (including phenoxy) is 4. The highest BCUT2D eigenvalue weighted by Gasteiger charge is 2.19. The van der Waals surface area contributed by atoms with Crippen molar-refractivity contribution in [3.63, 3.8) is 0 Å². The number of aliphatic hydroxyl groups is 1. The molecule has 30 heavy (non-hydrogen) atoms. The van der Waals surface area contributed by atoms with E-state index in [0.717, 1.165) is 5.56 Å². The Labute approximate surface area is 177 Å². The third-order valence-electron chi connectivity index (χ3n) is 4.28. The van der Waals surface area contributed by atoms with E-state index in [0.29, 0.717) is 41.4 Å². The lowest BCUT2D eigenvalue weighted by Gasteiger charge is -2.25. The lowest BCUT2D eigenvalue weighted by molar-refractivity contribution is -0.139. The predicted molar refractivity (Wildman–Crippen MR) is 113 cm³/mol. The number of benzene rings is 2. The number of hydrogen-bond donors (Lipinski definition) is 2. The monoisotopic (exact) mass is 418 g/mol.